The van der Waals surface area contributed by atoms with Crippen molar-refractivity contribution in [3.63, 3.8) is 0 Å². The summed E-state index contributed by atoms with van der Waals surface area (Å²) in [4.78, 5) is 10.5. The van der Waals surface area contributed by atoms with Crippen molar-refractivity contribution in [2.24, 2.45) is 0 Å². The monoisotopic (exact) mass is 403 g/mol. The Balaban J connectivity index is 1.47. The first kappa shape index (κ1) is 17.3. The van der Waals surface area contributed by atoms with Crippen LogP contribution in [0.3, 0.4) is 0 Å². The van der Waals surface area contributed by atoms with E-state index < -0.39 is 0 Å². The van der Waals surface area contributed by atoms with Crippen molar-refractivity contribution in [3.05, 3.63) is 83.6 Å². The van der Waals surface area contributed by atoms with Crippen LogP contribution in [-0.4, -0.2) is 14.5 Å². The van der Waals surface area contributed by atoms with Crippen LogP contribution in [0.4, 0.5) is 0 Å². The first-order chi connectivity index (χ1) is 13.8. The molecule has 0 spiro atoms. The summed E-state index contributed by atoms with van der Waals surface area (Å²) in [5.74, 6) is 1.38. The van der Waals surface area contributed by atoms with E-state index in [1.165, 1.54) is 5.56 Å². The third kappa shape index (κ3) is 3.25. The molecular formula is C22H17N3OS2. The second-order valence-electron chi connectivity index (χ2n) is 6.46. The summed E-state index contributed by atoms with van der Waals surface area (Å²) in [6.07, 6.45) is 1.74. The molecule has 5 aromatic rings. The molecule has 2 aromatic carbocycles. The zero-order chi connectivity index (χ0) is 18.9. The predicted molar refractivity (Wildman–Crippen MR) is 115 cm³/mol. The molecule has 0 saturated heterocycles. The van der Waals surface area contributed by atoms with Crippen molar-refractivity contribution in [3.8, 4) is 16.5 Å². The van der Waals surface area contributed by atoms with Gasteiger partial charge in [0.15, 0.2) is 5.16 Å². The topological polar surface area (TPSA) is 43.9 Å². The number of para-hydroxylation sites is 2. The van der Waals surface area contributed by atoms with E-state index in [9.17, 15) is 0 Å². The van der Waals surface area contributed by atoms with E-state index in [1.807, 2.05) is 29.6 Å². The lowest BCUT2D eigenvalue weighted by atomic mass is 10.2. The number of oxazole rings is 1. The Labute approximate surface area is 170 Å². The number of rotatable bonds is 5. The summed E-state index contributed by atoms with van der Waals surface area (Å²) >= 11 is 3.30. The average Bonchev–Trinajstić information content (AvgIpc) is 3.46. The molecule has 138 valence electrons. The van der Waals surface area contributed by atoms with E-state index in [1.54, 1.807) is 29.4 Å². The lowest BCUT2D eigenvalue weighted by molar-refractivity contribution is 0.575. The molecule has 0 saturated carbocycles. The van der Waals surface area contributed by atoms with Gasteiger partial charge >= 0.3 is 0 Å². The molecule has 5 rings (SSSR count). The maximum Gasteiger partial charge on any atom is 0.236 e. The van der Waals surface area contributed by atoms with E-state index in [4.69, 9.17) is 9.40 Å². The van der Waals surface area contributed by atoms with Gasteiger partial charge in [-0.15, -0.1) is 11.3 Å². The van der Waals surface area contributed by atoms with Crippen LogP contribution in [0.5, 0.6) is 0 Å². The number of aromatic nitrogens is 3. The van der Waals surface area contributed by atoms with Crippen LogP contribution in [-0.2, 0) is 5.75 Å². The first-order valence-corrected chi connectivity index (χ1v) is 10.8. The summed E-state index contributed by atoms with van der Waals surface area (Å²) in [5.41, 5.74) is 5.36. The maximum atomic E-state index is 5.64. The van der Waals surface area contributed by atoms with Crippen molar-refractivity contribution in [1.82, 2.24) is 14.5 Å². The molecule has 28 heavy (non-hydrogen) atoms. The Morgan fingerprint density at radius 1 is 1.00 bits per heavy atom. The van der Waals surface area contributed by atoms with Gasteiger partial charge in [0, 0.05) is 11.4 Å². The van der Waals surface area contributed by atoms with Gasteiger partial charge in [-0.3, -0.25) is 4.57 Å². The minimum atomic E-state index is 0.678. The van der Waals surface area contributed by atoms with Gasteiger partial charge in [0.1, 0.15) is 6.26 Å². The van der Waals surface area contributed by atoms with E-state index >= 15 is 0 Å². The quantitative estimate of drug-likeness (QED) is 0.321. The van der Waals surface area contributed by atoms with Crippen LogP contribution in [0.25, 0.3) is 27.5 Å². The minimum Gasteiger partial charge on any atom is -0.444 e. The van der Waals surface area contributed by atoms with Crippen molar-refractivity contribution < 1.29 is 4.42 Å². The minimum absolute atomic E-state index is 0.678. The summed E-state index contributed by atoms with van der Waals surface area (Å²) in [7, 11) is 0. The zero-order valence-electron chi connectivity index (χ0n) is 15.2. The highest BCUT2D eigenvalue weighted by Crippen LogP contribution is 2.31. The molecule has 0 bridgehead atoms. The van der Waals surface area contributed by atoms with Crippen LogP contribution in [0.1, 0.15) is 11.3 Å². The van der Waals surface area contributed by atoms with Crippen LogP contribution in [0.15, 0.2) is 81.9 Å². The molecule has 6 heteroatoms. The summed E-state index contributed by atoms with van der Waals surface area (Å²) in [5, 5.41) is 2.98. The second kappa shape index (κ2) is 7.30. The van der Waals surface area contributed by atoms with E-state index in [2.05, 4.69) is 52.9 Å². The lowest BCUT2D eigenvalue weighted by Gasteiger charge is -2.09. The fourth-order valence-corrected chi connectivity index (χ4v) is 4.63. The smallest absolute Gasteiger partial charge is 0.236 e. The van der Waals surface area contributed by atoms with Gasteiger partial charge in [0.2, 0.25) is 5.89 Å². The lowest BCUT2D eigenvalue weighted by Crippen LogP contribution is -1.97. The van der Waals surface area contributed by atoms with Crippen LogP contribution < -0.4 is 0 Å². The zero-order valence-corrected chi connectivity index (χ0v) is 16.8. The van der Waals surface area contributed by atoms with Crippen LogP contribution in [0, 0.1) is 6.92 Å². The van der Waals surface area contributed by atoms with Gasteiger partial charge in [-0.2, -0.15) is 0 Å². The van der Waals surface area contributed by atoms with Crippen LogP contribution in [0.2, 0.25) is 0 Å². The highest BCUT2D eigenvalue weighted by molar-refractivity contribution is 7.98. The van der Waals surface area contributed by atoms with Gasteiger partial charge in [0.25, 0.3) is 0 Å². The van der Waals surface area contributed by atoms with Crippen molar-refractivity contribution in [2.45, 2.75) is 17.8 Å². The molecule has 3 heterocycles. The van der Waals surface area contributed by atoms with Gasteiger partial charge < -0.3 is 4.42 Å². The number of hydrogen-bond donors (Lipinski definition) is 0. The molecule has 4 nitrogen and oxygen atoms in total. The molecule has 3 aromatic heterocycles. The number of thioether (sulfide) groups is 1. The fourth-order valence-electron chi connectivity index (χ4n) is 3.07. The van der Waals surface area contributed by atoms with E-state index in [0.29, 0.717) is 11.6 Å². The molecular weight excluding hydrogens is 386 g/mol. The SMILES string of the molecule is Cc1ccc(-n2c(SCc3coc(-c4cccs4)n3)nc3ccccc32)cc1. The van der Waals surface area contributed by atoms with Crippen LogP contribution >= 0.6 is 23.1 Å². The average molecular weight is 404 g/mol. The van der Waals surface area contributed by atoms with Crippen molar-refractivity contribution in [2.75, 3.05) is 0 Å². The largest absolute Gasteiger partial charge is 0.444 e. The predicted octanol–water partition coefficient (Wildman–Crippen LogP) is 6.34. The Kier molecular flexibility index (Phi) is 4.50. The molecule has 0 aliphatic carbocycles. The van der Waals surface area contributed by atoms with Crippen molar-refractivity contribution >= 4 is 34.1 Å². The summed E-state index contributed by atoms with van der Waals surface area (Å²) < 4.78 is 7.85. The third-order valence-electron chi connectivity index (χ3n) is 4.46. The Morgan fingerprint density at radius 3 is 2.68 bits per heavy atom. The molecule has 0 N–H and O–H groups in total. The Morgan fingerprint density at radius 2 is 1.86 bits per heavy atom. The highest BCUT2D eigenvalue weighted by Gasteiger charge is 2.14. The molecule has 0 unspecified atom stereocenters. The highest BCUT2D eigenvalue weighted by atomic mass is 32.2. The summed E-state index contributed by atoms with van der Waals surface area (Å²) in [6, 6.07) is 20.8. The Bertz CT molecular complexity index is 1220. The fraction of sp³-hybridized carbons (Fsp3) is 0.0909. The first-order valence-electron chi connectivity index (χ1n) is 8.93. The number of nitrogens with zero attached hydrogens (tertiary/aromatic N) is 3. The van der Waals surface area contributed by atoms with E-state index in [0.717, 1.165) is 32.4 Å². The summed E-state index contributed by atoms with van der Waals surface area (Å²) in [6.45, 7) is 2.10. The molecule has 0 aliphatic heterocycles. The molecule has 0 atom stereocenters. The van der Waals surface area contributed by atoms with E-state index in [-0.39, 0.29) is 0 Å². The van der Waals surface area contributed by atoms with Crippen molar-refractivity contribution in [1.29, 1.82) is 0 Å². The molecule has 0 amide bonds. The number of thiophene rings is 1. The number of benzene rings is 2. The third-order valence-corrected chi connectivity index (χ3v) is 6.29. The molecule has 0 radical (unpaired) electrons. The molecule has 0 fully saturated rings. The standard InChI is InChI=1S/C22H17N3OS2/c1-15-8-10-17(11-9-15)25-19-6-3-2-5-18(19)24-22(25)28-14-16-13-26-21(23-16)20-7-4-12-27-20/h2-13H,14H2,1H3. The normalized spacial score (nSPS) is 11.3. The number of imidazole rings is 1. The van der Waals surface area contributed by atoms with Gasteiger partial charge in [-0.1, -0.05) is 47.7 Å². The van der Waals surface area contributed by atoms with Gasteiger partial charge in [-0.05, 0) is 42.6 Å². The number of hydrogen-bond acceptors (Lipinski definition) is 5. The number of fused-ring (bicyclic) bond motifs is 1. The molecule has 0 aliphatic rings. The Hall–Kier alpha value is -2.83. The number of aryl methyl sites for hydroxylation is 1. The van der Waals surface area contributed by atoms with Gasteiger partial charge in [-0.25, -0.2) is 9.97 Å². The second-order valence-corrected chi connectivity index (χ2v) is 8.35. The maximum absolute atomic E-state index is 5.64. The van der Waals surface area contributed by atoms with Gasteiger partial charge in [0.05, 0.1) is 21.6 Å².